The minimum absolute atomic E-state index is 0.0633. The summed E-state index contributed by atoms with van der Waals surface area (Å²) >= 11 is 0. The molecule has 0 saturated heterocycles. The predicted molar refractivity (Wildman–Crippen MR) is 117 cm³/mol. The Morgan fingerprint density at radius 3 is 2.77 bits per heavy atom. The van der Waals surface area contributed by atoms with E-state index >= 15 is 0 Å². The molecule has 1 amide bonds. The molecule has 2 N–H and O–H groups in total. The van der Waals surface area contributed by atoms with Crippen LogP contribution in [0.2, 0.25) is 0 Å². The fraction of sp³-hybridized carbons (Fsp3) is 0.455. The van der Waals surface area contributed by atoms with Gasteiger partial charge < -0.3 is 19.9 Å². The van der Waals surface area contributed by atoms with E-state index in [0.29, 0.717) is 37.7 Å². The third-order valence-electron chi connectivity index (χ3n) is 5.23. The summed E-state index contributed by atoms with van der Waals surface area (Å²) in [5.41, 5.74) is 10.5. The van der Waals surface area contributed by atoms with Crippen molar-refractivity contribution in [3.05, 3.63) is 47.2 Å². The number of nitrogens with zero attached hydrogens (tertiary/aromatic N) is 5. The van der Waals surface area contributed by atoms with Gasteiger partial charge >= 0.3 is 0 Å². The number of anilines is 1. The molecule has 0 saturated carbocycles. The van der Waals surface area contributed by atoms with Crippen molar-refractivity contribution < 1.29 is 9.53 Å². The van der Waals surface area contributed by atoms with Gasteiger partial charge in [-0.3, -0.25) is 9.78 Å². The monoisotopic (exact) mass is 410 g/mol. The zero-order chi connectivity index (χ0) is 21.7. The molecule has 3 aromatic heterocycles. The normalized spacial score (nSPS) is 11.2. The van der Waals surface area contributed by atoms with Gasteiger partial charge in [-0.1, -0.05) is 6.92 Å². The van der Waals surface area contributed by atoms with E-state index < -0.39 is 0 Å². The molecule has 0 fully saturated rings. The van der Waals surface area contributed by atoms with E-state index in [2.05, 4.69) is 28.4 Å². The molecule has 30 heavy (non-hydrogen) atoms. The molecule has 0 unspecified atom stereocenters. The van der Waals surface area contributed by atoms with Crippen molar-refractivity contribution in [2.45, 2.75) is 40.2 Å². The van der Waals surface area contributed by atoms with Gasteiger partial charge in [0.2, 0.25) is 0 Å². The zero-order valence-corrected chi connectivity index (χ0v) is 18.2. The van der Waals surface area contributed by atoms with E-state index in [9.17, 15) is 4.79 Å². The zero-order valence-electron chi connectivity index (χ0n) is 18.2. The molecular formula is C22H30N6O2. The number of carbonyl (C=O) groups excluding carboxylic acids is 1. The third-order valence-corrected chi connectivity index (χ3v) is 5.23. The summed E-state index contributed by atoms with van der Waals surface area (Å²) in [4.78, 5) is 27.2. The Hall–Kier alpha value is -3.00. The number of hydrogen-bond acceptors (Lipinski definition) is 6. The van der Waals surface area contributed by atoms with Crippen LogP contribution in [-0.4, -0.2) is 57.1 Å². The van der Waals surface area contributed by atoms with Crippen LogP contribution in [-0.2, 0) is 17.7 Å². The third kappa shape index (κ3) is 4.59. The molecule has 0 aliphatic carbocycles. The number of hydrogen-bond donors (Lipinski definition) is 1. The predicted octanol–water partition coefficient (Wildman–Crippen LogP) is 2.77. The van der Waals surface area contributed by atoms with Gasteiger partial charge in [-0.05, 0) is 38.0 Å². The number of amides is 1. The summed E-state index contributed by atoms with van der Waals surface area (Å²) in [7, 11) is 1.77. The molecule has 8 nitrogen and oxygen atoms in total. The van der Waals surface area contributed by atoms with Crippen LogP contribution in [0.5, 0.6) is 0 Å². The van der Waals surface area contributed by atoms with Gasteiger partial charge in [0, 0.05) is 44.6 Å². The number of aromatic nitrogens is 4. The highest BCUT2D eigenvalue weighted by Crippen LogP contribution is 2.26. The van der Waals surface area contributed by atoms with Crippen LogP contribution in [0.3, 0.4) is 0 Å². The Labute approximate surface area is 177 Å². The molecule has 0 aliphatic heterocycles. The molecule has 3 aromatic rings. The lowest BCUT2D eigenvalue weighted by Crippen LogP contribution is -2.30. The first kappa shape index (κ1) is 21.7. The van der Waals surface area contributed by atoms with E-state index in [0.717, 1.165) is 41.0 Å². The number of fused-ring (bicyclic) bond motifs is 1. The van der Waals surface area contributed by atoms with Crippen molar-refractivity contribution in [3.8, 4) is 0 Å². The number of aryl methyl sites for hydroxylation is 3. The quantitative estimate of drug-likeness (QED) is 0.545. The van der Waals surface area contributed by atoms with Crippen LogP contribution in [0.25, 0.3) is 11.0 Å². The van der Waals surface area contributed by atoms with Crippen molar-refractivity contribution >= 4 is 22.8 Å². The van der Waals surface area contributed by atoms with Gasteiger partial charge in [-0.25, -0.2) is 9.97 Å². The second-order valence-corrected chi connectivity index (χ2v) is 7.42. The van der Waals surface area contributed by atoms with E-state index in [1.165, 1.54) is 0 Å². The largest absolute Gasteiger partial charge is 0.382 e. The average Bonchev–Trinajstić information content (AvgIpc) is 3.11. The summed E-state index contributed by atoms with van der Waals surface area (Å²) in [6.45, 7) is 8.32. The van der Waals surface area contributed by atoms with Gasteiger partial charge in [0.05, 0.1) is 24.3 Å². The molecule has 8 heteroatoms. The first-order valence-corrected chi connectivity index (χ1v) is 10.3. The summed E-state index contributed by atoms with van der Waals surface area (Å²) in [6, 6.07) is 3.52. The number of pyridine rings is 2. The Kier molecular flexibility index (Phi) is 6.99. The van der Waals surface area contributed by atoms with Gasteiger partial charge in [0.15, 0.2) is 5.82 Å². The first-order valence-electron chi connectivity index (χ1n) is 10.3. The molecular weight excluding hydrogens is 380 g/mol. The number of rotatable bonds is 9. The molecule has 0 atom stereocenters. The number of carbonyl (C=O) groups is 1. The molecule has 3 rings (SSSR count). The van der Waals surface area contributed by atoms with Gasteiger partial charge in [-0.2, -0.15) is 0 Å². The van der Waals surface area contributed by atoms with Crippen molar-refractivity contribution in [1.82, 2.24) is 24.4 Å². The van der Waals surface area contributed by atoms with E-state index in [4.69, 9.17) is 15.5 Å². The van der Waals surface area contributed by atoms with Gasteiger partial charge in [-0.15, -0.1) is 0 Å². The van der Waals surface area contributed by atoms with E-state index in [1.54, 1.807) is 36.5 Å². The van der Waals surface area contributed by atoms with Crippen LogP contribution in [0.4, 0.5) is 5.82 Å². The van der Waals surface area contributed by atoms with Gasteiger partial charge in [0.1, 0.15) is 11.3 Å². The number of ether oxygens (including phenoxy) is 1. The van der Waals surface area contributed by atoms with E-state index in [1.807, 2.05) is 6.92 Å². The number of imidazole rings is 1. The van der Waals surface area contributed by atoms with Crippen LogP contribution in [0.15, 0.2) is 24.5 Å². The summed E-state index contributed by atoms with van der Waals surface area (Å²) < 4.78 is 8.04. The summed E-state index contributed by atoms with van der Waals surface area (Å²) in [5, 5.41) is 0. The minimum atomic E-state index is -0.0633. The maximum atomic E-state index is 12.4. The summed E-state index contributed by atoms with van der Waals surface area (Å²) in [5.74, 6) is 1.41. The maximum Gasteiger partial charge on any atom is 0.255 e. The Morgan fingerprint density at radius 1 is 1.27 bits per heavy atom. The van der Waals surface area contributed by atoms with Crippen molar-refractivity contribution in [3.63, 3.8) is 0 Å². The van der Waals surface area contributed by atoms with Crippen LogP contribution in [0.1, 0.15) is 40.8 Å². The average molecular weight is 411 g/mol. The molecule has 0 aromatic carbocycles. The smallest absolute Gasteiger partial charge is 0.255 e. The lowest BCUT2D eigenvalue weighted by atomic mass is 10.2. The fourth-order valence-electron chi connectivity index (χ4n) is 3.47. The standard InChI is InChI=1S/C22H30N6O2/c1-5-7-18-26-19-20(15(2)16(3)25-21(19)23)28(18)11-13-30-12-10-27(4)22(29)17-8-6-9-24-14-17/h6,8-9,14H,5,7,10-13H2,1-4H3,(H2,23,25). The molecule has 0 spiro atoms. The first-order chi connectivity index (χ1) is 14.4. The summed E-state index contributed by atoms with van der Waals surface area (Å²) in [6.07, 6.45) is 5.09. The molecule has 160 valence electrons. The number of likely N-dealkylation sites (N-methyl/N-ethyl adjacent to an activating group) is 1. The van der Waals surface area contributed by atoms with Crippen LogP contribution < -0.4 is 5.73 Å². The Balaban J connectivity index is 1.62. The second-order valence-electron chi connectivity index (χ2n) is 7.42. The van der Waals surface area contributed by atoms with Crippen LogP contribution >= 0.6 is 0 Å². The van der Waals surface area contributed by atoms with Gasteiger partial charge in [0.25, 0.3) is 5.91 Å². The Bertz CT molecular complexity index is 1020. The highest BCUT2D eigenvalue weighted by Gasteiger charge is 2.17. The molecule has 3 heterocycles. The number of nitrogen functional groups attached to an aromatic ring is 1. The lowest BCUT2D eigenvalue weighted by molar-refractivity contribution is 0.0684. The van der Waals surface area contributed by atoms with Crippen molar-refractivity contribution in [2.24, 2.45) is 0 Å². The topological polar surface area (TPSA) is 99.2 Å². The second kappa shape index (κ2) is 9.67. The lowest BCUT2D eigenvalue weighted by Gasteiger charge is -2.17. The molecule has 0 aliphatic rings. The van der Waals surface area contributed by atoms with Crippen molar-refractivity contribution in [1.29, 1.82) is 0 Å². The molecule has 0 radical (unpaired) electrons. The maximum absolute atomic E-state index is 12.4. The molecule has 0 bridgehead atoms. The SMILES string of the molecule is CCCc1nc2c(N)nc(C)c(C)c2n1CCOCCN(C)C(=O)c1cccnc1. The van der Waals surface area contributed by atoms with Crippen LogP contribution in [0, 0.1) is 13.8 Å². The number of nitrogens with two attached hydrogens (primary N) is 1. The minimum Gasteiger partial charge on any atom is -0.382 e. The van der Waals surface area contributed by atoms with E-state index in [-0.39, 0.29) is 5.91 Å². The fourth-order valence-corrected chi connectivity index (χ4v) is 3.47. The highest BCUT2D eigenvalue weighted by atomic mass is 16.5. The van der Waals surface area contributed by atoms with Crippen molar-refractivity contribution in [2.75, 3.05) is 32.5 Å². The highest BCUT2D eigenvalue weighted by molar-refractivity contribution is 5.93. The Morgan fingerprint density at radius 2 is 2.07 bits per heavy atom.